The minimum atomic E-state index is -0.266. The van der Waals surface area contributed by atoms with Gasteiger partial charge in [0.15, 0.2) is 0 Å². The molecule has 3 nitrogen and oxygen atoms in total. The first-order chi connectivity index (χ1) is 9.24. The quantitative estimate of drug-likeness (QED) is 0.810. The molecule has 0 unspecified atom stereocenters. The number of hydrogen-bond acceptors (Lipinski definition) is 3. The van der Waals surface area contributed by atoms with Crippen LogP contribution < -0.4 is 0 Å². The fraction of sp³-hybridized carbons (Fsp3) is 0.267. The van der Waals surface area contributed by atoms with E-state index in [9.17, 15) is 4.39 Å². The normalized spacial score (nSPS) is 11.1. The SMILES string of the molecule is C=CCN(CCO)Cc1cc(F)cc2cccnc12. The van der Waals surface area contributed by atoms with Crippen molar-refractivity contribution in [1.29, 1.82) is 0 Å². The third-order valence-electron chi connectivity index (χ3n) is 2.95. The van der Waals surface area contributed by atoms with Gasteiger partial charge in [-0.2, -0.15) is 0 Å². The van der Waals surface area contributed by atoms with Crippen LogP contribution in [0.2, 0.25) is 0 Å². The second-order valence-corrected chi connectivity index (χ2v) is 4.39. The number of halogens is 1. The standard InChI is InChI=1S/C15H17FN2O/c1-2-6-18(7-8-19)11-13-10-14(16)9-12-4-3-5-17-15(12)13/h2-5,9-10,19H,1,6-8,11H2. The van der Waals surface area contributed by atoms with E-state index in [4.69, 9.17) is 5.11 Å². The first-order valence-corrected chi connectivity index (χ1v) is 6.22. The van der Waals surface area contributed by atoms with Gasteiger partial charge in [-0.1, -0.05) is 12.1 Å². The van der Waals surface area contributed by atoms with Crippen LogP contribution in [0.1, 0.15) is 5.56 Å². The van der Waals surface area contributed by atoms with Gasteiger partial charge < -0.3 is 5.11 Å². The summed E-state index contributed by atoms with van der Waals surface area (Å²) in [5, 5.41) is 9.84. The Labute approximate surface area is 112 Å². The Kier molecular flexibility index (Phi) is 4.60. The summed E-state index contributed by atoms with van der Waals surface area (Å²) < 4.78 is 13.6. The molecular formula is C15H17FN2O. The second kappa shape index (κ2) is 6.41. The van der Waals surface area contributed by atoms with Crippen molar-refractivity contribution < 1.29 is 9.50 Å². The molecule has 2 aromatic rings. The van der Waals surface area contributed by atoms with Crippen LogP contribution in [0.25, 0.3) is 10.9 Å². The Bertz CT molecular complexity index is 571. The van der Waals surface area contributed by atoms with Crippen molar-refractivity contribution in [1.82, 2.24) is 9.88 Å². The van der Waals surface area contributed by atoms with Crippen LogP contribution in [-0.4, -0.2) is 34.7 Å². The van der Waals surface area contributed by atoms with Crippen LogP contribution in [0.15, 0.2) is 43.1 Å². The lowest BCUT2D eigenvalue weighted by atomic mass is 10.1. The maximum atomic E-state index is 13.6. The topological polar surface area (TPSA) is 36.4 Å². The maximum absolute atomic E-state index is 13.6. The molecule has 1 heterocycles. The van der Waals surface area contributed by atoms with E-state index in [0.717, 1.165) is 16.5 Å². The summed E-state index contributed by atoms with van der Waals surface area (Å²) in [7, 11) is 0. The first-order valence-electron chi connectivity index (χ1n) is 6.22. The van der Waals surface area contributed by atoms with Gasteiger partial charge >= 0.3 is 0 Å². The number of rotatable bonds is 6. The second-order valence-electron chi connectivity index (χ2n) is 4.39. The van der Waals surface area contributed by atoms with E-state index in [1.54, 1.807) is 18.3 Å². The summed E-state index contributed by atoms with van der Waals surface area (Å²) in [6.07, 6.45) is 3.47. The van der Waals surface area contributed by atoms with Gasteiger partial charge in [0, 0.05) is 31.2 Å². The highest BCUT2D eigenvalue weighted by Gasteiger charge is 2.09. The predicted molar refractivity (Wildman–Crippen MR) is 74.3 cm³/mol. The zero-order chi connectivity index (χ0) is 13.7. The van der Waals surface area contributed by atoms with Gasteiger partial charge in [0.05, 0.1) is 12.1 Å². The monoisotopic (exact) mass is 260 g/mol. The summed E-state index contributed by atoms with van der Waals surface area (Å²) in [4.78, 5) is 6.31. The molecule has 0 bridgehead atoms. The number of aliphatic hydroxyl groups is 1. The molecule has 4 heteroatoms. The molecule has 0 saturated heterocycles. The average Bonchev–Trinajstić information content (AvgIpc) is 2.39. The van der Waals surface area contributed by atoms with Crippen LogP contribution in [0.5, 0.6) is 0 Å². The van der Waals surface area contributed by atoms with Crippen molar-refractivity contribution in [2.45, 2.75) is 6.54 Å². The Hall–Kier alpha value is -1.78. The minimum Gasteiger partial charge on any atom is -0.395 e. The summed E-state index contributed by atoms with van der Waals surface area (Å²) in [6, 6.07) is 6.62. The predicted octanol–water partition coefficient (Wildman–Crippen LogP) is 2.35. The van der Waals surface area contributed by atoms with E-state index >= 15 is 0 Å². The number of fused-ring (bicyclic) bond motifs is 1. The molecule has 19 heavy (non-hydrogen) atoms. The average molecular weight is 260 g/mol. The summed E-state index contributed by atoms with van der Waals surface area (Å²) in [6.45, 7) is 5.46. The van der Waals surface area contributed by atoms with Crippen molar-refractivity contribution in [3.05, 3.63) is 54.5 Å². The maximum Gasteiger partial charge on any atom is 0.124 e. The molecule has 0 atom stereocenters. The van der Waals surface area contributed by atoms with Crippen molar-refractivity contribution >= 4 is 10.9 Å². The molecule has 0 spiro atoms. The van der Waals surface area contributed by atoms with Crippen molar-refractivity contribution in [3.63, 3.8) is 0 Å². The van der Waals surface area contributed by atoms with Crippen LogP contribution in [0, 0.1) is 5.82 Å². The van der Waals surface area contributed by atoms with Gasteiger partial charge in [-0.25, -0.2) is 4.39 Å². The molecule has 2 rings (SSSR count). The Morgan fingerprint density at radius 3 is 3.00 bits per heavy atom. The van der Waals surface area contributed by atoms with Gasteiger partial charge in [0.25, 0.3) is 0 Å². The van der Waals surface area contributed by atoms with Crippen LogP contribution >= 0.6 is 0 Å². The highest BCUT2D eigenvalue weighted by Crippen LogP contribution is 2.19. The van der Waals surface area contributed by atoms with Crippen LogP contribution in [0.4, 0.5) is 4.39 Å². The number of aliphatic hydroxyl groups excluding tert-OH is 1. The molecule has 0 saturated carbocycles. The van der Waals surface area contributed by atoms with Gasteiger partial charge in [-0.3, -0.25) is 9.88 Å². The Morgan fingerprint density at radius 1 is 1.42 bits per heavy atom. The largest absolute Gasteiger partial charge is 0.395 e. The molecule has 0 aliphatic rings. The molecule has 100 valence electrons. The van der Waals surface area contributed by atoms with E-state index in [-0.39, 0.29) is 12.4 Å². The van der Waals surface area contributed by atoms with E-state index in [2.05, 4.69) is 11.6 Å². The molecule has 0 aliphatic heterocycles. The third-order valence-corrected chi connectivity index (χ3v) is 2.95. The molecule has 0 aliphatic carbocycles. The van der Waals surface area contributed by atoms with Gasteiger partial charge in [-0.15, -0.1) is 6.58 Å². The molecule has 1 N–H and O–H groups in total. The third kappa shape index (κ3) is 3.36. The number of benzene rings is 1. The van der Waals surface area contributed by atoms with Gasteiger partial charge in [0.2, 0.25) is 0 Å². The Balaban J connectivity index is 2.35. The fourth-order valence-electron chi connectivity index (χ4n) is 2.15. The fourth-order valence-corrected chi connectivity index (χ4v) is 2.15. The zero-order valence-electron chi connectivity index (χ0n) is 10.7. The lowest BCUT2D eigenvalue weighted by Gasteiger charge is -2.20. The van der Waals surface area contributed by atoms with E-state index in [1.165, 1.54) is 12.1 Å². The van der Waals surface area contributed by atoms with Crippen molar-refractivity contribution in [2.75, 3.05) is 19.7 Å². The summed E-state index contributed by atoms with van der Waals surface area (Å²) >= 11 is 0. The zero-order valence-corrected chi connectivity index (χ0v) is 10.7. The number of nitrogens with zero attached hydrogens (tertiary/aromatic N) is 2. The van der Waals surface area contributed by atoms with Crippen molar-refractivity contribution in [2.24, 2.45) is 0 Å². The minimum absolute atomic E-state index is 0.0640. The van der Waals surface area contributed by atoms with Crippen LogP contribution in [0.3, 0.4) is 0 Å². The molecular weight excluding hydrogens is 243 g/mol. The van der Waals surface area contributed by atoms with Gasteiger partial charge in [0.1, 0.15) is 5.82 Å². The van der Waals surface area contributed by atoms with Crippen LogP contribution in [-0.2, 0) is 6.54 Å². The smallest absolute Gasteiger partial charge is 0.124 e. The molecule has 1 aromatic heterocycles. The van der Waals surface area contributed by atoms with E-state index in [0.29, 0.717) is 19.6 Å². The Morgan fingerprint density at radius 2 is 2.26 bits per heavy atom. The number of hydrogen-bond donors (Lipinski definition) is 1. The first kappa shape index (κ1) is 13.6. The summed E-state index contributed by atoms with van der Waals surface area (Å²) in [5.74, 6) is -0.266. The highest BCUT2D eigenvalue weighted by molar-refractivity contribution is 5.81. The lowest BCUT2D eigenvalue weighted by molar-refractivity contribution is 0.204. The highest BCUT2D eigenvalue weighted by atomic mass is 19.1. The van der Waals surface area contributed by atoms with Crippen molar-refractivity contribution in [3.8, 4) is 0 Å². The molecule has 0 amide bonds. The number of pyridine rings is 1. The number of aromatic nitrogens is 1. The van der Waals surface area contributed by atoms with E-state index in [1.807, 2.05) is 11.0 Å². The molecule has 1 aromatic carbocycles. The summed E-state index contributed by atoms with van der Waals surface area (Å²) in [5.41, 5.74) is 1.63. The lowest BCUT2D eigenvalue weighted by Crippen LogP contribution is -2.26. The molecule has 0 fully saturated rings. The molecule has 0 radical (unpaired) electrons. The van der Waals surface area contributed by atoms with Gasteiger partial charge in [-0.05, 0) is 23.8 Å². The van der Waals surface area contributed by atoms with E-state index < -0.39 is 0 Å².